The highest BCUT2D eigenvalue weighted by atomic mass is 19.4. The van der Waals surface area contributed by atoms with E-state index < -0.39 is 11.7 Å². The van der Waals surface area contributed by atoms with E-state index in [0.717, 1.165) is 17.7 Å². The van der Waals surface area contributed by atoms with Crippen molar-refractivity contribution < 1.29 is 17.9 Å². The van der Waals surface area contributed by atoms with E-state index in [2.05, 4.69) is 0 Å². The van der Waals surface area contributed by atoms with Crippen LogP contribution in [0.1, 0.15) is 25.0 Å². The molecule has 1 nitrogen and oxygen atoms in total. The zero-order valence-corrected chi connectivity index (χ0v) is 9.06. The van der Waals surface area contributed by atoms with Gasteiger partial charge in [-0.05, 0) is 17.7 Å². The van der Waals surface area contributed by atoms with Gasteiger partial charge in [-0.15, -0.1) is 0 Å². The third-order valence-electron chi connectivity index (χ3n) is 1.59. The van der Waals surface area contributed by atoms with Crippen molar-refractivity contribution in [2.75, 3.05) is 7.11 Å². The van der Waals surface area contributed by atoms with Crippen LogP contribution < -0.4 is 0 Å². The van der Waals surface area contributed by atoms with E-state index in [-0.39, 0.29) is 0 Å². The lowest BCUT2D eigenvalue weighted by molar-refractivity contribution is -0.137. The summed E-state index contributed by atoms with van der Waals surface area (Å²) in [5.41, 5.74) is 0.0999. The fourth-order valence-electron chi connectivity index (χ4n) is 0.957. The van der Waals surface area contributed by atoms with Crippen molar-refractivity contribution in [1.29, 1.82) is 0 Å². The number of benzene rings is 1. The molecule has 0 bridgehead atoms. The Morgan fingerprint density at radius 2 is 1.53 bits per heavy atom. The Morgan fingerprint density at radius 3 is 1.87 bits per heavy atom. The molecule has 0 unspecified atom stereocenters. The molecule has 0 saturated carbocycles. The predicted octanol–water partition coefficient (Wildman–Crippen LogP) is 3.88. The first-order chi connectivity index (χ1) is 7.04. The van der Waals surface area contributed by atoms with Crippen LogP contribution >= 0.6 is 0 Å². The number of hydrogen-bond acceptors (Lipinski definition) is 1. The molecular formula is C11H15F3O. The first kappa shape index (κ1) is 14.0. The minimum atomic E-state index is -4.26. The lowest BCUT2D eigenvalue weighted by Crippen LogP contribution is -2.04. The molecule has 0 saturated heterocycles. The van der Waals surface area contributed by atoms with Gasteiger partial charge in [0, 0.05) is 7.11 Å². The molecule has 0 radical (unpaired) electrons. The average molecular weight is 220 g/mol. The molecule has 1 rings (SSSR count). The van der Waals surface area contributed by atoms with Crippen LogP contribution in [-0.2, 0) is 17.5 Å². The molecule has 0 aliphatic heterocycles. The summed E-state index contributed by atoms with van der Waals surface area (Å²) in [5, 5.41) is 0. The first-order valence-electron chi connectivity index (χ1n) is 4.69. The van der Waals surface area contributed by atoms with Gasteiger partial charge in [-0.3, -0.25) is 0 Å². The van der Waals surface area contributed by atoms with Crippen LogP contribution in [0.2, 0.25) is 0 Å². The number of ether oxygens (including phenoxy) is 1. The molecule has 1 aromatic rings. The van der Waals surface area contributed by atoms with E-state index in [1.54, 1.807) is 0 Å². The third kappa shape index (κ3) is 4.83. The lowest BCUT2D eigenvalue weighted by atomic mass is 10.1. The van der Waals surface area contributed by atoms with Gasteiger partial charge in [0.2, 0.25) is 0 Å². The monoisotopic (exact) mass is 220 g/mol. The van der Waals surface area contributed by atoms with Gasteiger partial charge in [0.25, 0.3) is 0 Å². The van der Waals surface area contributed by atoms with E-state index in [1.165, 1.54) is 19.2 Å². The zero-order chi connectivity index (χ0) is 11.9. The summed E-state index contributed by atoms with van der Waals surface area (Å²) in [4.78, 5) is 0. The molecule has 0 aliphatic rings. The molecule has 0 heterocycles. The Hall–Kier alpha value is -1.03. The van der Waals surface area contributed by atoms with Gasteiger partial charge in [-0.1, -0.05) is 26.0 Å². The fourth-order valence-corrected chi connectivity index (χ4v) is 0.957. The van der Waals surface area contributed by atoms with E-state index in [1.807, 2.05) is 13.8 Å². The van der Waals surface area contributed by atoms with Crippen molar-refractivity contribution in [1.82, 2.24) is 0 Å². The van der Waals surface area contributed by atoms with Crippen molar-refractivity contribution in [3.8, 4) is 0 Å². The smallest absolute Gasteiger partial charge is 0.380 e. The molecule has 1 aromatic carbocycles. The second kappa shape index (κ2) is 6.45. The maximum Gasteiger partial charge on any atom is 0.416 e. The molecule has 4 heteroatoms. The molecule has 0 N–H and O–H groups in total. The van der Waals surface area contributed by atoms with Crippen LogP contribution in [0.15, 0.2) is 24.3 Å². The van der Waals surface area contributed by atoms with Gasteiger partial charge in [0.05, 0.1) is 12.2 Å². The summed E-state index contributed by atoms with van der Waals surface area (Å²) >= 11 is 0. The summed E-state index contributed by atoms with van der Waals surface area (Å²) in [6, 6.07) is 4.92. The number of methoxy groups -OCH3 is 1. The summed E-state index contributed by atoms with van der Waals surface area (Å²) in [6.07, 6.45) is -4.26. The van der Waals surface area contributed by atoms with Gasteiger partial charge in [-0.25, -0.2) is 0 Å². The number of alkyl halides is 3. The molecule has 0 atom stereocenters. The zero-order valence-electron chi connectivity index (χ0n) is 9.06. The molecule has 0 amide bonds. The van der Waals surface area contributed by atoms with E-state index >= 15 is 0 Å². The lowest BCUT2D eigenvalue weighted by Gasteiger charge is -2.06. The maximum atomic E-state index is 12.1. The van der Waals surface area contributed by atoms with Crippen molar-refractivity contribution in [3.63, 3.8) is 0 Å². The third-order valence-corrected chi connectivity index (χ3v) is 1.59. The fraction of sp³-hybridized carbons (Fsp3) is 0.455. The second-order valence-corrected chi connectivity index (χ2v) is 2.63. The minimum absolute atomic E-state index is 0.331. The highest BCUT2D eigenvalue weighted by Gasteiger charge is 2.29. The van der Waals surface area contributed by atoms with Crippen LogP contribution in [0.25, 0.3) is 0 Å². The molecule has 15 heavy (non-hydrogen) atoms. The van der Waals surface area contributed by atoms with Gasteiger partial charge in [0.1, 0.15) is 0 Å². The first-order valence-corrected chi connectivity index (χ1v) is 4.69. The number of halogens is 3. The summed E-state index contributed by atoms with van der Waals surface area (Å²) < 4.78 is 41.0. The quantitative estimate of drug-likeness (QED) is 0.735. The molecule has 0 spiro atoms. The van der Waals surface area contributed by atoms with Crippen LogP contribution in [0.5, 0.6) is 0 Å². The van der Waals surface area contributed by atoms with Gasteiger partial charge >= 0.3 is 6.18 Å². The van der Waals surface area contributed by atoms with Crippen molar-refractivity contribution in [3.05, 3.63) is 35.4 Å². The van der Waals surface area contributed by atoms with Crippen LogP contribution in [0.4, 0.5) is 13.2 Å². The predicted molar refractivity (Wildman–Crippen MR) is 53.5 cm³/mol. The topological polar surface area (TPSA) is 9.23 Å². The summed E-state index contributed by atoms with van der Waals surface area (Å²) in [7, 11) is 1.50. The van der Waals surface area contributed by atoms with E-state index in [4.69, 9.17) is 4.74 Å². The largest absolute Gasteiger partial charge is 0.416 e. The summed E-state index contributed by atoms with van der Waals surface area (Å²) in [6.45, 7) is 4.33. The SMILES string of the molecule is CC.COCc1ccc(C(F)(F)F)cc1. The molecule has 0 aliphatic carbocycles. The van der Waals surface area contributed by atoms with Crippen LogP contribution in [0, 0.1) is 0 Å². The standard InChI is InChI=1S/C9H9F3O.C2H6/c1-13-6-7-2-4-8(5-3-7)9(10,11)12;1-2/h2-5H,6H2,1H3;1-2H3. The Kier molecular flexibility index (Phi) is 6.01. The average Bonchev–Trinajstić information content (AvgIpc) is 2.21. The second-order valence-electron chi connectivity index (χ2n) is 2.63. The van der Waals surface area contributed by atoms with E-state index in [0.29, 0.717) is 6.61 Å². The Labute approximate surface area is 87.9 Å². The maximum absolute atomic E-state index is 12.1. The Morgan fingerprint density at radius 1 is 1.07 bits per heavy atom. The van der Waals surface area contributed by atoms with Gasteiger partial charge in [0.15, 0.2) is 0 Å². The highest BCUT2D eigenvalue weighted by molar-refractivity contribution is 5.24. The van der Waals surface area contributed by atoms with Crippen LogP contribution in [-0.4, -0.2) is 7.11 Å². The van der Waals surface area contributed by atoms with Crippen molar-refractivity contribution in [2.24, 2.45) is 0 Å². The van der Waals surface area contributed by atoms with Gasteiger partial charge < -0.3 is 4.74 Å². The van der Waals surface area contributed by atoms with Crippen LogP contribution in [0.3, 0.4) is 0 Å². The minimum Gasteiger partial charge on any atom is -0.380 e. The molecule has 86 valence electrons. The van der Waals surface area contributed by atoms with E-state index in [9.17, 15) is 13.2 Å². The molecule has 0 fully saturated rings. The highest BCUT2D eigenvalue weighted by Crippen LogP contribution is 2.29. The number of rotatable bonds is 2. The molecule has 0 aromatic heterocycles. The number of hydrogen-bond donors (Lipinski definition) is 0. The molecular weight excluding hydrogens is 205 g/mol. The van der Waals surface area contributed by atoms with Crippen molar-refractivity contribution in [2.45, 2.75) is 26.6 Å². The Balaban J connectivity index is 0.000000921. The summed E-state index contributed by atoms with van der Waals surface area (Å²) in [5.74, 6) is 0. The Bertz CT molecular complexity index is 264. The normalized spacial score (nSPS) is 10.5. The van der Waals surface area contributed by atoms with Gasteiger partial charge in [-0.2, -0.15) is 13.2 Å². The van der Waals surface area contributed by atoms with Crippen molar-refractivity contribution >= 4 is 0 Å².